The summed E-state index contributed by atoms with van der Waals surface area (Å²) < 4.78 is 16.1. The third-order valence-corrected chi connectivity index (χ3v) is 3.75. The number of nitrogens with zero attached hydrogens (tertiary/aromatic N) is 1. The fraction of sp³-hybridized carbons (Fsp3) is 0.316. The summed E-state index contributed by atoms with van der Waals surface area (Å²) in [4.78, 5) is 4.27. The van der Waals surface area contributed by atoms with E-state index in [9.17, 15) is 0 Å². The summed E-state index contributed by atoms with van der Waals surface area (Å²) in [5.41, 5.74) is 9.27. The Morgan fingerprint density at radius 1 is 0.962 bits per heavy atom. The number of anilines is 1. The zero-order valence-electron chi connectivity index (χ0n) is 15.5. The minimum absolute atomic E-state index is 0. The van der Waals surface area contributed by atoms with Crippen LogP contribution in [0.5, 0.6) is 17.2 Å². The summed E-state index contributed by atoms with van der Waals surface area (Å²) in [6.45, 7) is 4.96. The van der Waals surface area contributed by atoms with Crippen molar-refractivity contribution >= 4 is 35.6 Å². The molecule has 0 radical (unpaired) electrons. The van der Waals surface area contributed by atoms with Crippen LogP contribution in [0, 0.1) is 13.8 Å². The summed E-state index contributed by atoms with van der Waals surface area (Å²) in [5, 5.41) is 3.08. The molecule has 0 aliphatic carbocycles. The number of hydrogen-bond acceptors (Lipinski definition) is 4. The second-order valence-electron chi connectivity index (χ2n) is 5.59. The number of rotatable bonds is 7. The van der Waals surface area contributed by atoms with E-state index in [1.807, 2.05) is 18.2 Å². The molecule has 0 saturated carbocycles. The van der Waals surface area contributed by atoms with Crippen LogP contribution in [0.1, 0.15) is 11.1 Å². The maximum absolute atomic E-state index is 5.91. The van der Waals surface area contributed by atoms with Crippen molar-refractivity contribution in [3.8, 4) is 17.2 Å². The quantitative estimate of drug-likeness (QED) is 0.279. The zero-order valence-corrected chi connectivity index (χ0v) is 17.9. The third-order valence-electron chi connectivity index (χ3n) is 3.75. The molecule has 0 aromatic heterocycles. The number of nitrogens with one attached hydrogen (secondary N) is 1. The lowest BCUT2D eigenvalue weighted by molar-refractivity contribution is 0.321. The molecule has 0 saturated heterocycles. The van der Waals surface area contributed by atoms with Crippen LogP contribution in [-0.4, -0.2) is 33.3 Å². The molecule has 0 unspecified atom stereocenters. The molecular formula is C19H26IN3O3. The first-order valence-corrected chi connectivity index (χ1v) is 8.02. The maximum Gasteiger partial charge on any atom is 0.193 e. The van der Waals surface area contributed by atoms with Crippen LogP contribution < -0.4 is 25.3 Å². The van der Waals surface area contributed by atoms with Gasteiger partial charge in [0.15, 0.2) is 5.96 Å². The second kappa shape index (κ2) is 10.7. The van der Waals surface area contributed by atoms with Gasteiger partial charge in [-0.2, -0.15) is 0 Å². The fourth-order valence-electron chi connectivity index (χ4n) is 2.20. The average molecular weight is 471 g/mol. The number of aryl methyl sites for hydroxylation is 2. The Bertz CT molecular complexity index is 729. The fourth-order valence-corrected chi connectivity index (χ4v) is 2.20. The molecule has 2 rings (SSSR count). The van der Waals surface area contributed by atoms with Gasteiger partial charge in [-0.05, 0) is 37.1 Å². The summed E-state index contributed by atoms with van der Waals surface area (Å²) in [7, 11) is 3.20. The Labute approximate surface area is 171 Å². The lowest BCUT2D eigenvalue weighted by Gasteiger charge is -2.10. The predicted molar refractivity (Wildman–Crippen MR) is 116 cm³/mol. The van der Waals surface area contributed by atoms with E-state index in [1.54, 1.807) is 32.4 Å². The number of ether oxygens (including phenoxy) is 3. The number of halogens is 1. The highest BCUT2D eigenvalue weighted by Gasteiger charge is 2.03. The number of guanidine groups is 1. The van der Waals surface area contributed by atoms with Gasteiger partial charge >= 0.3 is 0 Å². The minimum Gasteiger partial charge on any atom is -0.496 e. The molecule has 142 valence electrons. The number of aliphatic imine (C=N–C) groups is 1. The van der Waals surface area contributed by atoms with E-state index in [2.05, 4.69) is 24.2 Å². The lowest BCUT2D eigenvalue weighted by Crippen LogP contribution is -2.23. The van der Waals surface area contributed by atoms with Crippen LogP contribution in [0.3, 0.4) is 0 Å². The zero-order chi connectivity index (χ0) is 18.2. The van der Waals surface area contributed by atoms with Crippen LogP contribution in [-0.2, 0) is 0 Å². The molecule has 26 heavy (non-hydrogen) atoms. The molecule has 3 N–H and O–H groups in total. The van der Waals surface area contributed by atoms with Gasteiger partial charge in [0.2, 0.25) is 0 Å². The van der Waals surface area contributed by atoms with Crippen molar-refractivity contribution in [1.82, 2.24) is 0 Å². The Balaban J connectivity index is 0.00000338. The molecule has 0 fully saturated rings. The Morgan fingerprint density at radius 2 is 1.58 bits per heavy atom. The van der Waals surface area contributed by atoms with Crippen LogP contribution in [0.2, 0.25) is 0 Å². The summed E-state index contributed by atoms with van der Waals surface area (Å²) >= 11 is 0. The van der Waals surface area contributed by atoms with E-state index in [0.29, 0.717) is 36.4 Å². The first-order valence-electron chi connectivity index (χ1n) is 8.02. The standard InChI is InChI=1S/C19H25N3O3.HI/c1-13-5-6-15(9-14(13)2)22-19(20)21-7-8-25-18-11-16(23-3)10-17(12-18)24-4;/h5-6,9-12H,7-8H2,1-4H3,(H3,20,21,22);1H. The number of nitrogens with two attached hydrogens (primary N) is 1. The molecule has 2 aromatic rings. The highest BCUT2D eigenvalue weighted by Crippen LogP contribution is 2.27. The molecule has 6 nitrogen and oxygen atoms in total. The SMILES string of the molecule is COc1cc(OC)cc(OCCN=C(N)Nc2ccc(C)c(C)c2)c1.I. The van der Waals surface area contributed by atoms with Gasteiger partial charge < -0.3 is 25.3 Å². The molecule has 0 heterocycles. The van der Waals surface area contributed by atoms with Gasteiger partial charge in [0, 0.05) is 23.9 Å². The van der Waals surface area contributed by atoms with Crippen LogP contribution in [0.4, 0.5) is 5.69 Å². The van der Waals surface area contributed by atoms with E-state index < -0.39 is 0 Å². The van der Waals surface area contributed by atoms with E-state index >= 15 is 0 Å². The highest BCUT2D eigenvalue weighted by molar-refractivity contribution is 14.0. The van der Waals surface area contributed by atoms with E-state index in [1.165, 1.54) is 11.1 Å². The number of benzene rings is 2. The minimum atomic E-state index is 0. The first kappa shape index (κ1) is 21.9. The van der Waals surface area contributed by atoms with E-state index in [4.69, 9.17) is 19.9 Å². The summed E-state index contributed by atoms with van der Waals surface area (Å²) in [5.74, 6) is 2.37. The van der Waals surface area contributed by atoms with Crippen molar-refractivity contribution in [2.45, 2.75) is 13.8 Å². The second-order valence-corrected chi connectivity index (χ2v) is 5.59. The summed E-state index contributed by atoms with van der Waals surface area (Å²) in [6, 6.07) is 11.4. The lowest BCUT2D eigenvalue weighted by atomic mass is 10.1. The molecule has 0 bridgehead atoms. The van der Waals surface area contributed by atoms with Crippen molar-refractivity contribution < 1.29 is 14.2 Å². The first-order chi connectivity index (χ1) is 12.0. The van der Waals surface area contributed by atoms with Gasteiger partial charge in [0.1, 0.15) is 23.9 Å². The van der Waals surface area contributed by atoms with Gasteiger partial charge in [-0.25, -0.2) is 4.99 Å². The van der Waals surface area contributed by atoms with Gasteiger partial charge in [-0.15, -0.1) is 24.0 Å². The summed E-state index contributed by atoms with van der Waals surface area (Å²) in [6.07, 6.45) is 0. The number of methoxy groups -OCH3 is 2. The molecule has 7 heteroatoms. The van der Waals surface area contributed by atoms with E-state index in [-0.39, 0.29) is 24.0 Å². The largest absolute Gasteiger partial charge is 0.496 e. The smallest absolute Gasteiger partial charge is 0.193 e. The third kappa shape index (κ3) is 6.62. The van der Waals surface area contributed by atoms with Crippen LogP contribution >= 0.6 is 24.0 Å². The number of hydrogen-bond donors (Lipinski definition) is 2. The predicted octanol–water partition coefficient (Wildman–Crippen LogP) is 3.74. The van der Waals surface area contributed by atoms with Gasteiger partial charge in [0.05, 0.1) is 20.8 Å². The molecule has 0 aliphatic heterocycles. The Morgan fingerprint density at radius 3 is 2.15 bits per heavy atom. The van der Waals surface area contributed by atoms with Gasteiger partial charge in [-0.1, -0.05) is 6.07 Å². The molecule has 0 atom stereocenters. The Kier molecular flexibility index (Phi) is 9.04. The molecule has 2 aromatic carbocycles. The van der Waals surface area contributed by atoms with Crippen LogP contribution in [0.15, 0.2) is 41.4 Å². The maximum atomic E-state index is 5.91. The highest BCUT2D eigenvalue weighted by atomic mass is 127. The van der Waals surface area contributed by atoms with Gasteiger partial charge in [-0.3, -0.25) is 0 Å². The van der Waals surface area contributed by atoms with Crippen molar-refractivity contribution in [2.24, 2.45) is 10.7 Å². The molecule has 0 aliphatic rings. The van der Waals surface area contributed by atoms with Crippen molar-refractivity contribution in [1.29, 1.82) is 0 Å². The molecular weight excluding hydrogens is 445 g/mol. The van der Waals surface area contributed by atoms with Crippen molar-refractivity contribution in [3.05, 3.63) is 47.5 Å². The monoisotopic (exact) mass is 471 g/mol. The van der Waals surface area contributed by atoms with Crippen LogP contribution in [0.25, 0.3) is 0 Å². The van der Waals surface area contributed by atoms with Crippen molar-refractivity contribution in [2.75, 3.05) is 32.7 Å². The normalized spacial score (nSPS) is 10.7. The average Bonchev–Trinajstić information content (AvgIpc) is 2.61. The Hall–Kier alpha value is -2.16. The molecule has 0 amide bonds. The van der Waals surface area contributed by atoms with Crippen molar-refractivity contribution in [3.63, 3.8) is 0 Å². The van der Waals surface area contributed by atoms with Gasteiger partial charge in [0.25, 0.3) is 0 Å². The molecule has 0 spiro atoms. The van der Waals surface area contributed by atoms with E-state index in [0.717, 1.165) is 5.69 Å². The topological polar surface area (TPSA) is 78.1 Å².